The number of ether oxygens (including phenoxy) is 1. The number of piperidine rings is 1. The zero-order valence-corrected chi connectivity index (χ0v) is 14.4. The number of hydrogen-bond donors (Lipinski definition) is 0. The summed E-state index contributed by atoms with van der Waals surface area (Å²) in [6.07, 6.45) is 1.95. The van der Waals surface area contributed by atoms with Gasteiger partial charge in [0, 0.05) is 31.7 Å². The highest BCUT2D eigenvalue weighted by Gasteiger charge is 2.40. The minimum absolute atomic E-state index is 0.0583. The first-order valence-electron chi connectivity index (χ1n) is 7.90. The third-order valence-electron chi connectivity index (χ3n) is 4.64. The summed E-state index contributed by atoms with van der Waals surface area (Å²) < 4.78 is 45.2. The first-order chi connectivity index (χ1) is 10.8. The van der Waals surface area contributed by atoms with E-state index < -0.39 is 10.0 Å². The largest absolute Gasteiger partial charge is 0.375 e. The summed E-state index contributed by atoms with van der Waals surface area (Å²) in [4.78, 5) is 2.12. The predicted octanol–water partition coefficient (Wildman–Crippen LogP) is 1.37. The Hall–Kier alpha value is -1.02. The van der Waals surface area contributed by atoms with E-state index in [1.54, 1.807) is 10.4 Å². The number of aryl methyl sites for hydroxylation is 1. The maximum absolute atomic E-state index is 14.0. The molecule has 0 amide bonds. The average Bonchev–Trinajstić information content (AvgIpc) is 2.49. The Morgan fingerprint density at radius 2 is 2.13 bits per heavy atom. The molecule has 0 bridgehead atoms. The molecule has 5 nitrogen and oxygen atoms in total. The Balaban J connectivity index is 1.75. The molecule has 0 N–H and O–H groups in total. The fourth-order valence-corrected chi connectivity index (χ4v) is 4.63. The Morgan fingerprint density at radius 3 is 2.87 bits per heavy atom. The molecule has 3 rings (SSSR count). The molecular formula is C16H23FN2O3S. The molecule has 1 aromatic rings. The predicted molar refractivity (Wildman–Crippen MR) is 86.1 cm³/mol. The first-order valence-corrected chi connectivity index (χ1v) is 9.75. The van der Waals surface area contributed by atoms with Crippen molar-refractivity contribution in [3.05, 3.63) is 35.1 Å². The fourth-order valence-electron chi connectivity index (χ4n) is 3.53. The van der Waals surface area contributed by atoms with E-state index in [1.165, 1.54) is 12.3 Å². The van der Waals surface area contributed by atoms with Crippen molar-refractivity contribution in [2.45, 2.75) is 32.0 Å². The summed E-state index contributed by atoms with van der Waals surface area (Å²) in [5.41, 5.74) is 1.68. The van der Waals surface area contributed by atoms with Crippen LogP contribution in [0, 0.1) is 12.7 Å². The van der Waals surface area contributed by atoms with Crippen molar-refractivity contribution < 1.29 is 17.5 Å². The van der Waals surface area contributed by atoms with E-state index in [9.17, 15) is 12.8 Å². The minimum atomic E-state index is -3.25. The molecule has 0 spiro atoms. The van der Waals surface area contributed by atoms with Crippen molar-refractivity contribution in [2.75, 3.05) is 32.5 Å². The standard InChI is InChI=1S/C16H23FN2O3S/c1-12-3-4-14(17)13(9-12)10-18-6-5-16-15(11-18)19(7-8-22-16)23(2,20)21/h3-4,9,15-16H,5-8,10-11H2,1-2H3/t15-,16-/m0/s1. The van der Waals surface area contributed by atoms with Crippen molar-refractivity contribution in [2.24, 2.45) is 0 Å². The van der Waals surface area contributed by atoms with Crippen molar-refractivity contribution in [1.29, 1.82) is 0 Å². The summed E-state index contributed by atoms with van der Waals surface area (Å²) in [6, 6.07) is 4.92. The summed E-state index contributed by atoms with van der Waals surface area (Å²) >= 11 is 0. The van der Waals surface area contributed by atoms with Crippen LogP contribution in [0.2, 0.25) is 0 Å². The van der Waals surface area contributed by atoms with Gasteiger partial charge in [0.2, 0.25) is 10.0 Å². The molecule has 128 valence electrons. The van der Waals surface area contributed by atoms with Crippen molar-refractivity contribution >= 4 is 10.0 Å². The summed E-state index contributed by atoms with van der Waals surface area (Å²) in [5, 5.41) is 0. The molecule has 0 unspecified atom stereocenters. The SMILES string of the molecule is Cc1ccc(F)c(CN2CC[C@@H]3OCCN(S(C)(=O)=O)[C@H]3C2)c1. The molecule has 0 aromatic heterocycles. The minimum Gasteiger partial charge on any atom is -0.375 e. The van der Waals surface area contributed by atoms with Crippen LogP contribution in [0.5, 0.6) is 0 Å². The van der Waals surface area contributed by atoms with Gasteiger partial charge < -0.3 is 4.74 Å². The molecule has 2 aliphatic rings. The van der Waals surface area contributed by atoms with Crippen LogP contribution in [0.1, 0.15) is 17.5 Å². The second-order valence-electron chi connectivity index (χ2n) is 6.47. The van der Waals surface area contributed by atoms with Crippen LogP contribution in [0.25, 0.3) is 0 Å². The highest BCUT2D eigenvalue weighted by atomic mass is 32.2. The molecule has 7 heteroatoms. The number of likely N-dealkylation sites (tertiary alicyclic amines) is 1. The highest BCUT2D eigenvalue weighted by Crippen LogP contribution is 2.26. The molecule has 0 aliphatic carbocycles. The van der Waals surface area contributed by atoms with Crippen LogP contribution < -0.4 is 0 Å². The van der Waals surface area contributed by atoms with E-state index in [0.29, 0.717) is 31.8 Å². The van der Waals surface area contributed by atoms with E-state index in [1.807, 2.05) is 13.0 Å². The van der Waals surface area contributed by atoms with Crippen LogP contribution in [0.3, 0.4) is 0 Å². The first kappa shape index (κ1) is 16.8. The number of sulfonamides is 1. The third-order valence-corrected chi connectivity index (χ3v) is 5.94. The van der Waals surface area contributed by atoms with Gasteiger partial charge in [-0.15, -0.1) is 0 Å². The fraction of sp³-hybridized carbons (Fsp3) is 0.625. The molecule has 2 fully saturated rings. The van der Waals surface area contributed by atoms with E-state index in [2.05, 4.69) is 4.90 Å². The number of morpholine rings is 1. The monoisotopic (exact) mass is 342 g/mol. The summed E-state index contributed by atoms with van der Waals surface area (Å²) in [7, 11) is -3.25. The van der Waals surface area contributed by atoms with Crippen LogP contribution in [0.4, 0.5) is 4.39 Å². The number of halogens is 1. The van der Waals surface area contributed by atoms with Crippen molar-refractivity contribution in [1.82, 2.24) is 9.21 Å². The van der Waals surface area contributed by atoms with Gasteiger partial charge in [-0.2, -0.15) is 4.31 Å². The topological polar surface area (TPSA) is 49.9 Å². The summed E-state index contributed by atoms with van der Waals surface area (Å²) in [6.45, 7) is 4.63. The van der Waals surface area contributed by atoms with Crippen LogP contribution >= 0.6 is 0 Å². The third kappa shape index (κ3) is 3.74. The zero-order valence-electron chi connectivity index (χ0n) is 13.5. The Labute approximate surface area is 137 Å². The Bertz CT molecular complexity index is 680. The molecular weight excluding hydrogens is 319 g/mol. The van der Waals surface area contributed by atoms with Gasteiger partial charge in [0.25, 0.3) is 0 Å². The van der Waals surface area contributed by atoms with Crippen LogP contribution in [-0.2, 0) is 21.3 Å². The van der Waals surface area contributed by atoms with Gasteiger partial charge in [0.15, 0.2) is 0 Å². The number of rotatable bonds is 3. The smallest absolute Gasteiger partial charge is 0.211 e. The van der Waals surface area contributed by atoms with Crippen LogP contribution in [-0.4, -0.2) is 62.3 Å². The number of fused-ring (bicyclic) bond motifs is 1. The van der Waals surface area contributed by atoms with E-state index >= 15 is 0 Å². The summed E-state index contributed by atoms with van der Waals surface area (Å²) in [5.74, 6) is -0.211. The second-order valence-corrected chi connectivity index (χ2v) is 8.40. The van der Waals surface area contributed by atoms with E-state index in [4.69, 9.17) is 4.74 Å². The Morgan fingerprint density at radius 1 is 1.35 bits per heavy atom. The van der Waals surface area contributed by atoms with E-state index in [-0.39, 0.29) is 18.0 Å². The normalized spacial score (nSPS) is 26.9. The maximum Gasteiger partial charge on any atom is 0.211 e. The molecule has 23 heavy (non-hydrogen) atoms. The molecule has 2 atom stereocenters. The van der Waals surface area contributed by atoms with Gasteiger partial charge in [0.05, 0.1) is 25.0 Å². The number of hydrogen-bond acceptors (Lipinski definition) is 4. The lowest BCUT2D eigenvalue weighted by Crippen LogP contribution is -2.60. The zero-order chi connectivity index (χ0) is 16.6. The van der Waals surface area contributed by atoms with Crippen LogP contribution in [0.15, 0.2) is 18.2 Å². The van der Waals surface area contributed by atoms with Gasteiger partial charge >= 0.3 is 0 Å². The van der Waals surface area contributed by atoms with Gasteiger partial charge in [-0.3, -0.25) is 4.90 Å². The van der Waals surface area contributed by atoms with Crippen molar-refractivity contribution in [3.8, 4) is 0 Å². The quantitative estimate of drug-likeness (QED) is 0.832. The Kier molecular flexibility index (Phi) is 4.73. The molecule has 1 aromatic carbocycles. The second kappa shape index (κ2) is 6.47. The van der Waals surface area contributed by atoms with Gasteiger partial charge in [-0.1, -0.05) is 17.7 Å². The maximum atomic E-state index is 14.0. The lowest BCUT2D eigenvalue weighted by atomic mass is 9.99. The number of nitrogens with zero attached hydrogens (tertiary/aromatic N) is 2. The molecule has 2 heterocycles. The average molecular weight is 342 g/mol. The van der Waals surface area contributed by atoms with Crippen molar-refractivity contribution in [3.63, 3.8) is 0 Å². The van der Waals surface area contributed by atoms with E-state index in [0.717, 1.165) is 18.5 Å². The highest BCUT2D eigenvalue weighted by molar-refractivity contribution is 7.88. The van der Waals surface area contributed by atoms with Gasteiger partial charge in [-0.05, 0) is 19.4 Å². The molecule has 0 saturated carbocycles. The van der Waals surface area contributed by atoms with Gasteiger partial charge in [-0.25, -0.2) is 12.8 Å². The molecule has 2 saturated heterocycles. The lowest BCUT2D eigenvalue weighted by molar-refractivity contribution is -0.0769. The molecule has 0 radical (unpaired) electrons. The molecule has 2 aliphatic heterocycles. The van der Waals surface area contributed by atoms with Gasteiger partial charge in [0.1, 0.15) is 5.82 Å². The number of benzene rings is 1. The lowest BCUT2D eigenvalue weighted by Gasteiger charge is -2.45.